The van der Waals surface area contributed by atoms with Crippen molar-refractivity contribution in [3.05, 3.63) is 243 Å². The predicted molar refractivity (Wildman–Crippen MR) is 247 cm³/mol. The highest BCUT2D eigenvalue weighted by Crippen LogP contribution is 2.61. The normalized spacial score (nSPS) is 16.4. The number of nitrogens with zero attached hydrogens (tertiary/aromatic N) is 3. The molecule has 0 fully saturated rings. The summed E-state index contributed by atoms with van der Waals surface area (Å²) in [5.74, 6) is 1.05. The van der Waals surface area contributed by atoms with Crippen LogP contribution in [0, 0.1) is 0 Å². The quantitative estimate of drug-likeness (QED) is 0.138. The second kappa shape index (κ2) is 13.5. The molecule has 1 aliphatic heterocycles. The third-order valence-electron chi connectivity index (χ3n) is 13.0. The number of aliphatic imine (C=N–C) groups is 2. The molecule has 0 bridgehead atoms. The van der Waals surface area contributed by atoms with E-state index in [1.807, 2.05) is 36.4 Å². The van der Waals surface area contributed by atoms with E-state index in [0.717, 1.165) is 35.1 Å². The average molecular weight is 769 g/mol. The van der Waals surface area contributed by atoms with Crippen molar-refractivity contribution in [1.82, 2.24) is 4.57 Å². The Labute approximate surface area is 348 Å². The number of rotatable bonds is 5. The first-order valence-electron chi connectivity index (χ1n) is 20.9. The number of fused-ring (bicyclic) bond motifs is 13. The molecular formula is C56H40N4. The SMILES string of the molecule is NC(=NC(=NCc1ccccc1)c1ccccc1)c1cccc2c1-c1cc(C3=c4ccccc4=CCC3)ccc1C21c2ccccc2-n2c3ccccc3c3cccc1c32. The van der Waals surface area contributed by atoms with Crippen LogP contribution in [0.4, 0.5) is 0 Å². The summed E-state index contributed by atoms with van der Waals surface area (Å²) in [4.78, 5) is 10.3. The van der Waals surface area contributed by atoms with E-state index in [0.29, 0.717) is 18.2 Å². The van der Waals surface area contributed by atoms with Gasteiger partial charge in [-0.2, -0.15) is 0 Å². The van der Waals surface area contributed by atoms with Crippen molar-refractivity contribution in [3.63, 3.8) is 0 Å². The van der Waals surface area contributed by atoms with Crippen LogP contribution in [0.3, 0.4) is 0 Å². The van der Waals surface area contributed by atoms with E-state index in [2.05, 4.69) is 162 Å². The summed E-state index contributed by atoms with van der Waals surface area (Å²) in [6.45, 7) is 0.496. The molecule has 2 N–H and O–H groups in total. The van der Waals surface area contributed by atoms with E-state index in [1.165, 1.54) is 76.9 Å². The van der Waals surface area contributed by atoms with Crippen LogP contribution in [0.15, 0.2) is 198 Å². The van der Waals surface area contributed by atoms with Gasteiger partial charge in [-0.1, -0.05) is 176 Å². The van der Waals surface area contributed by atoms with Crippen molar-refractivity contribution in [2.75, 3.05) is 0 Å². The van der Waals surface area contributed by atoms with Crippen LogP contribution in [-0.2, 0) is 12.0 Å². The Morgan fingerprint density at radius 2 is 1.33 bits per heavy atom. The molecule has 0 saturated carbocycles. The molecule has 4 nitrogen and oxygen atoms in total. The van der Waals surface area contributed by atoms with E-state index in [-0.39, 0.29) is 0 Å². The van der Waals surface area contributed by atoms with Gasteiger partial charge in [-0.15, -0.1) is 0 Å². The number of aromatic nitrogens is 1. The van der Waals surface area contributed by atoms with Crippen LogP contribution in [-0.4, -0.2) is 16.2 Å². The summed E-state index contributed by atoms with van der Waals surface area (Å²) in [5, 5.41) is 5.13. The molecule has 2 aliphatic carbocycles. The molecule has 60 heavy (non-hydrogen) atoms. The van der Waals surface area contributed by atoms with Crippen LogP contribution >= 0.6 is 0 Å². The lowest BCUT2D eigenvalue weighted by molar-refractivity contribution is 0.748. The van der Waals surface area contributed by atoms with Gasteiger partial charge in [-0.25, -0.2) is 4.99 Å². The van der Waals surface area contributed by atoms with Gasteiger partial charge in [0, 0.05) is 21.9 Å². The number of benzene rings is 8. The van der Waals surface area contributed by atoms with Crippen molar-refractivity contribution < 1.29 is 0 Å². The van der Waals surface area contributed by atoms with Gasteiger partial charge in [0.15, 0.2) is 5.84 Å². The Balaban J connectivity index is 1.17. The summed E-state index contributed by atoms with van der Waals surface area (Å²) < 4.78 is 2.49. The lowest BCUT2D eigenvalue weighted by Crippen LogP contribution is -2.33. The van der Waals surface area contributed by atoms with Crippen LogP contribution in [0.5, 0.6) is 0 Å². The van der Waals surface area contributed by atoms with Crippen molar-refractivity contribution in [3.8, 4) is 16.8 Å². The number of nitrogens with two attached hydrogens (primary N) is 1. The molecule has 8 aromatic carbocycles. The van der Waals surface area contributed by atoms with E-state index >= 15 is 0 Å². The average Bonchev–Trinajstić information content (AvgIpc) is 3.81. The highest BCUT2D eigenvalue weighted by Gasteiger charge is 2.51. The molecule has 1 spiro atoms. The smallest absolute Gasteiger partial charge is 0.157 e. The molecule has 284 valence electrons. The van der Waals surface area contributed by atoms with Gasteiger partial charge in [0.1, 0.15) is 5.84 Å². The molecule has 0 saturated heterocycles. The maximum Gasteiger partial charge on any atom is 0.157 e. The summed E-state index contributed by atoms with van der Waals surface area (Å²) in [5.41, 5.74) is 23.3. The molecule has 2 heterocycles. The molecule has 3 aliphatic rings. The summed E-state index contributed by atoms with van der Waals surface area (Å²) in [6, 6.07) is 67.9. The molecule has 4 heteroatoms. The van der Waals surface area contributed by atoms with Crippen molar-refractivity contribution in [2.45, 2.75) is 24.8 Å². The number of hydrogen-bond acceptors (Lipinski definition) is 1. The largest absolute Gasteiger partial charge is 0.383 e. The third-order valence-corrected chi connectivity index (χ3v) is 13.0. The van der Waals surface area contributed by atoms with E-state index in [4.69, 9.17) is 15.7 Å². The van der Waals surface area contributed by atoms with E-state index in [9.17, 15) is 0 Å². The summed E-state index contributed by atoms with van der Waals surface area (Å²) in [7, 11) is 0. The minimum Gasteiger partial charge on any atom is -0.383 e. The van der Waals surface area contributed by atoms with Gasteiger partial charge in [-0.3, -0.25) is 4.99 Å². The Morgan fingerprint density at radius 1 is 0.617 bits per heavy atom. The first-order chi connectivity index (χ1) is 29.7. The Bertz CT molecular complexity index is 3410. The fraction of sp³-hybridized carbons (Fsp3) is 0.0714. The molecule has 12 rings (SSSR count). The van der Waals surface area contributed by atoms with E-state index in [1.54, 1.807) is 0 Å². The van der Waals surface area contributed by atoms with Gasteiger partial charge in [-0.05, 0) is 91.6 Å². The minimum absolute atomic E-state index is 0.442. The van der Waals surface area contributed by atoms with Gasteiger partial charge in [0.05, 0.1) is 28.7 Å². The number of amidine groups is 2. The Morgan fingerprint density at radius 3 is 2.23 bits per heavy atom. The zero-order chi connectivity index (χ0) is 39.8. The number of para-hydroxylation sites is 3. The van der Waals surface area contributed by atoms with Crippen LogP contribution in [0.25, 0.3) is 50.3 Å². The summed E-state index contributed by atoms with van der Waals surface area (Å²) in [6.07, 6.45) is 4.37. The Kier molecular flexibility index (Phi) is 7.76. The highest BCUT2D eigenvalue weighted by atomic mass is 15.0. The second-order valence-corrected chi connectivity index (χ2v) is 16.1. The monoisotopic (exact) mass is 768 g/mol. The third kappa shape index (κ3) is 4.97. The molecule has 1 unspecified atom stereocenters. The van der Waals surface area contributed by atoms with E-state index < -0.39 is 5.41 Å². The van der Waals surface area contributed by atoms with Crippen LogP contribution in [0.1, 0.15) is 57.3 Å². The van der Waals surface area contributed by atoms with Gasteiger partial charge in [0.25, 0.3) is 0 Å². The van der Waals surface area contributed by atoms with Gasteiger partial charge >= 0.3 is 0 Å². The Hall–Kier alpha value is -7.56. The summed E-state index contributed by atoms with van der Waals surface area (Å²) >= 11 is 0. The predicted octanol–water partition coefficient (Wildman–Crippen LogP) is 10.6. The van der Waals surface area contributed by atoms with Crippen molar-refractivity contribution in [2.24, 2.45) is 15.7 Å². The molecule has 1 aromatic heterocycles. The zero-order valence-electron chi connectivity index (χ0n) is 33.0. The lowest BCUT2D eigenvalue weighted by Gasteiger charge is -2.39. The second-order valence-electron chi connectivity index (χ2n) is 16.1. The lowest BCUT2D eigenvalue weighted by atomic mass is 9.65. The maximum atomic E-state index is 7.35. The highest BCUT2D eigenvalue weighted by molar-refractivity contribution is 6.16. The molecule has 9 aromatic rings. The fourth-order valence-electron chi connectivity index (χ4n) is 10.5. The van der Waals surface area contributed by atoms with Gasteiger partial charge < -0.3 is 10.3 Å². The fourth-order valence-corrected chi connectivity index (χ4v) is 10.5. The topological polar surface area (TPSA) is 55.7 Å². The molecule has 0 radical (unpaired) electrons. The molecule has 0 amide bonds. The van der Waals surface area contributed by atoms with Gasteiger partial charge in [0.2, 0.25) is 0 Å². The van der Waals surface area contributed by atoms with Crippen molar-refractivity contribution >= 4 is 45.1 Å². The number of hydrogen-bond donors (Lipinski definition) is 1. The molecule has 1 atom stereocenters. The first kappa shape index (κ1) is 34.5. The molecular weight excluding hydrogens is 729 g/mol. The van der Waals surface area contributed by atoms with Crippen molar-refractivity contribution in [1.29, 1.82) is 0 Å². The standard InChI is InChI=1S/C56H40N4/c57-54(59-55(38-19-5-2-6-20-38)58-35-36-16-3-1-4-17-36)44-26-15-28-48-52(44)45-34-39(41-24-13-21-37-18-7-8-22-40(37)41)32-33-46(45)56(48)47-27-10-12-31-51(47)60-50-30-11-9-23-42(50)43-25-14-29-49(56)53(43)60/h1-12,14-23,25-34H,13,24,35H2,(H2,57,58,59). The van der Waals surface area contributed by atoms with Crippen LogP contribution < -0.4 is 16.2 Å². The zero-order valence-corrected chi connectivity index (χ0v) is 33.0. The van der Waals surface area contributed by atoms with Crippen LogP contribution in [0.2, 0.25) is 0 Å². The maximum absolute atomic E-state index is 7.35. The minimum atomic E-state index is -0.619. The first-order valence-corrected chi connectivity index (χ1v) is 20.9.